The second-order valence-corrected chi connectivity index (χ2v) is 8.30. The van der Waals surface area contributed by atoms with Crippen molar-refractivity contribution in [3.05, 3.63) is 132 Å². The molecule has 160 valence electrons. The van der Waals surface area contributed by atoms with Gasteiger partial charge in [-0.15, -0.1) is 0 Å². The molecule has 4 rings (SSSR count). The molecule has 0 aliphatic carbocycles. The molecule has 2 heteroatoms. The van der Waals surface area contributed by atoms with Crippen LogP contribution in [0, 0.1) is 0 Å². The fourth-order valence-electron chi connectivity index (χ4n) is 3.90. The Bertz CT molecular complexity index is 1070. The fraction of sp³-hybridized carbons (Fsp3) is 0.133. The summed E-state index contributed by atoms with van der Waals surface area (Å²) in [4.78, 5) is 0. The Balaban J connectivity index is 1.60. The molecule has 0 atom stereocenters. The number of hydrogen-bond acceptors (Lipinski definition) is 2. The number of para-hydroxylation sites is 2. The van der Waals surface area contributed by atoms with E-state index >= 15 is 0 Å². The number of allylic oxidation sites excluding steroid dienone is 2. The molecule has 0 fully saturated rings. The van der Waals surface area contributed by atoms with E-state index in [9.17, 15) is 0 Å². The van der Waals surface area contributed by atoms with Gasteiger partial charge in [0.1, 0.15) is 23.0 Å². The van der Waals surface area contributed by atoms with Crippen LogP contribution in [0.15, 0.2) is 121 Å². The van der Waals surface area contributed by atoms with Gasteiger partial charge in [-0.1, -0.05) is 72.3 Å². The summed E-state index contributed by atoms with van der Waals surface area (Å²) in [6.07, 6.45) is 2.31. The molecule has 0 aliphatic rings. The predicted octanol–water partition coefficient (Wildman–Crippen LogP) is 8.54. The lowest BCUT2D eigenvalue weighted by Crippen LogP contribution is -2.21. The summed E-state index contributed by atoms with van der Waals surface area (Å²) in [6, 6.07) is 36.4. The molecule has 4 aromatic rings. The zero-order valence-electron chi connectivity index (χ0n) is 18.8. The van der Waals surface area contributed by atoms with Crippen LogP contribution in [0.2, 0.25) is 0 Å². The maximum Gasteiger partial charge on any atom is 0.127 e. The predicted molar refractivity (Wildman–Crippen MR) is 132 cm³/mol. The van der Waals surface area contributed by atoms with Crippen molar-refractivity contribution in [2.24, 2.45) is 0 Å². The second-order valence-electron chi connectivity index (χ2n) is 8.30. The van der Waals surface area contributed by atoms with Gasteiger partial charge < -0.3 is 9.47 Å². The van der Waals surface area contributed by atoms with Gasteiger partial charge in [0, 0.05) is 5.41 Å². The smallest absolute Gasteiger partial charge is 0.127 e. The fourth-order valence-corrected chi connectivity index (χ4v) is 3.90. The molecule has 0 spiro atoms. The minimum atomic E-state index is -0.268. The van der Waals surface area contributed by atoms with Crippen LogP contribution in [-0.4, -0.2) is 0 Å². The topological polar surface area (TPSA) is 18.5 Å². The lowest BCUT2D eigenvalue weighted by molar-refractivity contribution is 0.482. The van der Waals surface area contributed by atoms with E-state index in [2.05, 4.69) is 51.1 Å². The van der Waals surface area contributed by atoms with E-state index in [0.717, 1.165) is 23.0 Å². The molecule has 32 heavy (non-hydrogen) atoms. The molecule has 0 saturated carbocycles. The third kappa shape index (κ3) is 5.09. The molecule has 4 aromatic carbocycles. The highest BCUT2D eigenvalue weighted by atomic mass is 16.5. The van der Waals surface area contributed by atoms with E-state index in [1.807, 2.05) is 84.9 Å². The first kappa shape index (κ1) is 21.5. The molecular weight excluding hydrogens is 392 g/mol. The normalized spacial score (nSPS) is 11.0. The first-order chi connectivity index (χ1) is 15.5. The molecule has 0 amide bonds. The van der Waals surface area contributed by atoms with Gasteiger partial charge in [-0.2, -0.15) is 0 Å². The van der Waals surface area contributed by atoms with Crippen LogP contribution < -0.4 is 9.47 Å². The van der Waals surface area contributed by atoms with Crippen LogP contribution in [0.4, 0.5) is 0 Å². The largest absolute Gasteiger partial charge is 0.457 e. The molecule has 0 aromatic heterocycles. The molecule has 0 unspecified atom stereocenters. The molecule has 2 nitrogen and oxygen atoms in total. The first-order valence-corrected chi connectivity index (χ1v) is 10.9. The highest BCUT2D eigenvalue weighted by Gasteiger charge is 2.26. The average molecular weight is 421 g/mol. The van der Waals surface area contributed by atoms with Crippen LogP contribution in [0.1, 0.15) is 31.9 Å². The van der Waals surface area contributed by atoms with Crippen LogP contribution in [0.5, 0.6) is 23.0 Å². The van der Waals surface area contributed by atoms with Crippen molar-refractivity contribution >= 4 is 0 Å². The Morgan fingerprint density at radius 3 is 1.22 bits per heavy atom. The summed E-state index contributed by atoms with van der Waals surface area (Å²) in [5, 5.41) is 0. The minimum absolute atomic E-state index is 0.268. The quantitative estimate of drug-likeness (QED) is 0.279. The van der Waals surface area contributed by atoms with Crippen molar-refractivity contribution in [2.75, 3.05) is 0 Å². The zero-order chi connectivity index (χ0) is 22.4. The lowest BCUT2D eigenvalue weighted by atomic mass is 9.75. The van der Waals surface area contributed by atoms with E-state index in [1.165, 1.54) is 16.7 Å². The van der Waals surface area contributed by atoms with Crippen LogP contribution >= 0.6 is 0 Å². The van der Waals surface area contributed by atoms with E-state index in [1.54, 1.807) is 0 Å². The Hall–Kier alpha value is -3.78. The summed E-state index contributed by atoms with van der Waals surface area (Å²) in [5.74, 6) is 3.32. The summed E-state index contributed by atoms with van der Waals surface area (Å²) in [7, 11) is 0. The zero-order valence-corrected chi connectivity index (χ0v) is 18.8. The molecular formula is C30H28O2. The van der Waals surface area contributed by atoms with E-state index in [0.29, 0.717) is 0 Å². The number of hydrogen-bond donors (Lipinski definition) is 0. The van der Waals surface area contributed by atoms with Gasteiger partial charge in [0.2, 0.25) is 0 Å². The Morgan fingerprint density at radius 2 is 0.875 bits per heavy atom. The molecule has 0 N–H and O–H groups in total. The maximum atomic E-state index is 5.97. The van der Waals surface area contributed by atoms with Crippen molar-refractivity contribution in [3.8, 4) is 23.0 Å². The summed E-state index contributed by atoms with van der Waals surface area (Å²) in [5.41, 5.74) is 3.41. The SMILES string of the molecule is CC(C)=CC(C)(c1ccc(Oc2ccccc2)cc1)c1ccc(Oc2ccccc2)cc1. The van der Waals surface area contributed by atoms with Gasteiger partial charge in [-0.3, -0.25) is 0 Å². The summed E-state index contributed by atoms with van der Waals surface area (Å²) in [6.45, 7) is 6.52. The van der Waals surface area contributed by atoms with Gasteiger partial charge in [0.25, 0.3) is 0 Å². The number of benzene rings is 4. The second kappa shape index (κ2) is 9.57. The van der Waals surface area contributed by atoms with Crippen LogP contribution in [0.25, 0.3) is 0 Å². The maximum absolute atomic E-state index is 5.97. The van der Waals surface area contributed by atoms with Crippen molar-refractivity contribution in [2.45, 2.75) is 26.2 Å². The van der Waals surface area contributed by atoms with E-state index < -0.39 is 0 Å². The Morgan fingerprint density at radius 1 is 0.531 bits per heavy atom. The molecule has 0 radical (unpaired) electrons. The van der Waals surface area contributed by atoms with Crippen molar-refractivity contribution in [3.63, 3.8) is 0 Å². The summed E-state index contributed by atoms with van der Waals surface area (Å²) >= 11 is 0. The monoisotopic (exact) mass is 420 g/mol. The lowest BCUT2D eigenvalue weighted by Gasteiger charge is -2.29. The van der Waals surface area contributed by atoms with E-state index in [-0.39, 0.29) is 5.41 Å². The number of rotatable bonds is 7. The third-order valence-corrected chi connectivity index (χ3v) is 5.44. The van der Waals surface area contributed by atoms with Gasteiger partial charge in [-0.25, -0.2) is 0 Å². The highest BCUT2D eigenvalue weighted by Crippen LogP contribution is 2.37. The van der Waals surface area contributed by atoms with Gasteiger partial charge in [0.05, 0.1) is 0 Å². The van der Waals surface area contributed by atoms with Gasteiger partial charge in [0.15, 0.2) is 0 Å². The van der Waals surface area contributed by atoms with Gasteiger partial charge >= 0.3 is 0 Å². The third-order valence-electron chi connectivity index (χ3n) is 5.44. The number of ether oxygens (including phenoxy) is 2. The van der Waals surface area contributed by atoms with Crippen molar-refractivity contribution in [1.82, 2.24) is 0 Å². The molecule has 0 heterocycles. The first-order valence-electron chi connectivity index (χ1n) is 10.9. The van der Waals surface area contributed by atoms with Gasteiger partial charge in [-0.05, 0) is 80.4 Å². The molecule has 0 aliphatic heterocycles. The standard InChI is InChI=1S/C30H28O2/c1-23(2)22-30(3,24-14-18-28(19-15-24)31-26-10-6-4-7-11-26)25-16-20-29(21-17-25)32-27-12-8-5-9-13-27/h4-22H,1-3H3. The highest BCUT2D eigenvalue weighted by molar-refractivity contribution is 5.48. The van der Waals surface area contributed by atoms with E-state index in [4.69, 9.17) is 9.47 Å². The summed E-state index contributed by atoms with van der Waals surface area (Å²) < 4.78 is 11.9. The Kier molecular flexibility index (Phi) is 6.42. The van der Waals surface area contributed by atoms with Crippen LogP contribution in [-0.2, 0) is 5.41 Å². The minimum Gasteiger partial charge on any atom is -0.457 e. The average Bonchev–Trinajstić information content (AvgIpc) is 2.81. The molecule has 0 saturated heterocycles. The van der Waals surface area contributed by atoms with Crippen molar-refractivity contribution in [1.29, 1.82) is 0 Å². The Labute approximate surface area is 190 Å². The van der Waals surface area contributed by atoms with Crippen LogP contribution in [0.3, 0.4) is 0 Å². The van der Waals surface area contributed by atoms with Crippen molar-refractivity contribution < 1.29 is 9.47 Å². The molecule has 0 bridgehead atoms.